The number of benzene rings is 2. The molecule has 0 atom stereocenters. The average molecular weight is 507 g/mol. The quantitative estimate of drug-likeness (QED) is 0.418. The van der Waals surface area contributed by atoms with Crippen molar-refractivity contribution in [3.63, 3.8) is 0 Å². The van der Waals surface area contributed by atoms with Gasteiger partial charge in [0.25, 0.3) is 5.91 Å². The molecule has 1 aliphatic heterocycles. The molecule has 0 unspecified atom stereocenters. The zero-order valence-corrected chi connectivity index (χ0v) is 20.5. The van der Waals surface area contributed by atoms with Crippen molar-refractivity contribution in [3.05, 3.63) is 41.5 Å². The van der Waals surface area contributed by atoms with Crippen LogP contribution in [0.3, 0.4) is 0 Å². The second-order valence-corrected chi connectivity index (χ2v) is 7.73. The van der Waals surface area contributed by atoms with Crippen molar-refractivity contribution >= 4 is 17.8 Å². The monoisotopic (exact) mass is 506 g/mol. The molecule has 0 aliphatic carbocycles. The molecule has 2 aromatic rings. The van der Waals surface area contributed by atoms with Crippen LogP contribution in [0, 0.1) is 0 Å². The number of carboxylic acids is 2. The first-order valence-corrected chi connectivity index (χ1v) is 10.9. The Bertz CT molecular complexity index is 1040. The molecule has 1 heterocycles. The summed E-state index contributed by atoms with van der Waals surface area (Å²) in [5.74, 6) is -2.21. The number of quaternary nitrogens is 1. The molecule has 3 N–H and O–H groups in total. The number of hydrogen-bond donors (Lipinski definition) is 3. The van der Waals surface area contributed by atoms with E-state index in [1.807, 2.05) is 4.90 Å². The number of carbonyl (C=O) groups is 3. The number of piperazine rings is 1. The number of nitrogens with one attached hydrogen (secondary N) is 1. The van der Waals surface area contributed by atoms with Crippen LogP contribution in [0.5, 0.6) is 28.7 Å². The summed E-state index contributed by atoms with van der Waals surface area (Å²) in [4.78, 5) is 34.3. The number of carbonyl (C=O) groups excluding carboxylic acids is 1. The number of nitrogens with zero attached hydrogens (tertiary/aromatic N) is 1. The molecule has 2 aromatic carbocycles. The van der Waals surface area contributed by atoms with Crippen LogP contribution in [-0.4, -0.2) is 87.6 Å². The van der Waals surface area contributed by atoms with E-state index >= 15 is 0 Å². The minimum absolute atomic E-state index is 0.0194. The van der Waals surface area contributed by atoms with Gasteiger partial charge in [-0.1, -0.05) is 0 Å². The summed E-state index contributed by atoms with van der Waals surface area (Å²) < 4.78 is 20.9. The van der Waals surface area contributed by atoms with Gasteiger partial charge in [0.1, 0.15) is 18.0 Å². The van der Waals surface area contributed by atoms with E-state index < -0.39 is 11.9 Å². The lowest BCUT2D eigenvalue weighted by molar-refractivity contribution is -0.917. The van der Waals surface area contributed by atoms with Crippen molar-refractivity contribution < 1.29 is 53.6 Å². The predicted octanol–water partition coefficient (Wildman–Crippen LogP) is -0.509. The van der Waals surface area contributed by atoms with Crippen LogP contribution in [0.15, 0.2) is 30.3 Å². The molecule has 0 radical (unpaired) electrons. The Morgan fingerprint density at radius 3 is 1.78 bits per heavy atom. The lowest BCUT2D eigenvalue weighted by atomic mass is 10.1. The first-order valence-electron chi connectivity index (χ1n) is 10.9. The predicted molar refractivity (Wildman–Crippen MR) is 124 cm³/mol. The number of rotatable bonds is 7. The fourth-order valence-electron chi connectivity index (χ4n) is 3.68. The molecular weight excluding hydrogens is 476 g/mol. The normalized spacial score (nSPS) is 13.2. The van der Waals surface area contributed by atoms with E-state index in [9.17, 15) is 9.90 Å². The van der Waals surface area contributed by atoms with Gasteiger partial charge in [0.15, 0.2) is 11.5 Å². The summed E-state index contributed by atoms with van der Waals surface area (Å²) in [6.45, 7) is 3.64. The highest BCUT2D eigenvalue weighted by atomic mass is 16.5. The molecule has 1 saturated heterocycles. The number of ether oxygens (including phenoxy) is 4. The van der Waals surface area contributed by atoms with E-state index in [1.165, 1.54) is 19.1 Å². The maximum absolute atomic E-state index is 12.9. The Morgan fingerprint density at radius 1 is 0.833 bits per heavy atom. The second-order valence-electron chi connectivity index (χ2n) is 7.73. The third kappa shape index (κ3) is 7.15. The van der Waals surface area contributed by atoms with Gasteiger partial charge in [0.05, 0.1) is 54.6 Å². The fourth-order valence-corrected chi connectivity index (χ4v) is 3.68. The molecule has 0 bridgehead atoms. The maximum Gasteiger partial charge on any atom is 0.414 e. The molecule has 0 spiro atoms. The summed E-state index contributed by atoms with van der Waals surface area (Å²) in [6, 6.07) is 8.74. The van der Waals surface area contributed by atoms with Crippen LogP contribution < -0.4 is 29.0 Å². The van der Waals surface area contributed by atoms with Crippen LogP contribution in [0.1, 0.15) is 15.9 Å². The van der Waals surface area contributed by atoms with Crippen molar-refractivity contribution in [2.24, 2.45) is 0 Å². The van der Waals surface area contributed by atoms with Gasteiger partial charge < -0.3 is 44.1 Å². The number of carboxylic acid groups (broad SMARTS) is 2. The second kappa shape index (κ2) is 13.0. The zero-order valence-electron chi connectivity index (χ0n) is 20.5. The molecule has 1 fully saturated rings. The summed E-state index contributed by atoms with van der Waals surface area (Å²) in [5.41, 5.74) is 1.55. The lowest BCUT2D eigenvalue weighted by Gasteiger charge is -2.32. The minimum atomic E-state index is -1.82. The molecule has 196 valence electrons. The minimum Gasteiger partial charge on any atom is -0.867 e. The van der Waals surface area contributed by atoms with Gasteiger partial charge in [0.2, 0.25) is 0 Å². The van der Waals surface area contributed by atoms with E-state index in [0.717, 1.165) is 25.2 Å². The smallest absolute Gasteiger partial charge is 0.414 e. The van der Waals surface area contributed by atoms with E-state index in [2.05, 4.69) is 0 Å². The zero-order chi connectivity index (χ0) is 26.8. The summed E-state index contributed by atoms with van der Waals surface area (Å²) >= 11 is 0. The van der Waals surface area contributed by atoms with Crippen molar-refractivity contribution in [1.82, 2.24) is 4.90 Å². The van der Waals surface area contributed by atoms with Crippen molar-refractivity contribution in [1.29, 1.82) is 0 Å². The first-order chi connectivity index (χ1) is 17.1. The third-order valence-corrected chi connectivity index (χ3v) is 5.55. The van der Waals surface area contributed by atoms with E-state index in [4.69, 9.17) is 38.7 Å². The summed E-state index contributed by atoms with van der Waals surface area (Å²) in [6.07, 6.45) is 0. The van der Waals surface area contributed by atoms with Gasteiger partial charge in [0, 0.05) is 11.1 Å². The summed E-state index contributed by atoms with van der Waals surface area (Å²) in [5, 5.41) is 26.9. The Hall–Kier alpha value is -4.19. The first kappa shape index (κ1) is 28.1. The van der Waals surface area contributed by atoms with Crippen LogP contribution in [0.4, 0.5) is 0 Å². The summed E-state index contributed by atoms with van der Waals surface area (Å²) in [7, 11) is 6.07. The van der Waals surface area contributed by atoms with E-state index in [1.54, 1.807) is 44.6 Å². The molecule has 1 aliphatic rings. The molecular formula is C24H30N2O10. The van der Waals surface area contributed by atoms with Crippen molar-refractivity contribution in [3.8, 4) is 28.7 Å². The highest BCUT2D eigenvalue weighted by Gasteiger charge is 2.25. The molecule has 36 heavy (non-hydrogen) atoms. The van der Waals surface area contributed by atoms with Gasteiger partial charge in [-0.2, -0.15) is 0 Å². The fraction of sp³-hybridized carbons (Fsp3) is 0.375. The van der Waals surface area contributed by atoms with Gasteiger partial charge in [-0.15, -0.1) is 0 Å². The highest BCUT2D eigenvalue weighted by Crippen LogP contribution is 2.34. The van der Waals surface area contributed by atoms with Crippen LogP contribution in [0.2, 0.25) is 0 Å². The number of hydrogen-bond acceptors (Lipinski definition) is 8. The number of aliphatic carboxylic acids is 2. The van der Waals surface area contributed by atoms with Crippen LogP contribution in [-0.2, 0) is 16.1 Å². The van der Waals surface area contributed by atoms with Crippen molar-refractivity contribution in [2.45, 2.75) is 6.54 Å². The lowest BCUT2D eigenvalue weighted by Crippen LogP contribution is -3.13. The number of methoxy groups -OCH3 is 4. The van der Waals surface area contributed by atoms with Gasteiger partial charge >= 0.3 is 11.9 Å². The number of amides is 1. The molecule has 0 saturated carbocycles. The van der Waals surface area contributed by atoms with Crippen molar-refractivity contribution in [2.75, 3.05) is 54.6 Å². The van der Waals surface area contributed by atoms with Gasteiger partial charge in [-0.25, -0.2) is 9.59 Å². The molecule has 12 nitrogen and oxygen atoms in total. The maximum atomic E-state index is 12.9. The topological polar surface area (TPSA) is 159 Å². The standard InChI is InChI=1S/C22H28N2O6.C2H2O4/c1-27-17-6-5-16(13-18(17)28-2)22(26)24-9-7-23(8-10-24)14-15-11-19(29-3)21(25)20(12-15)30-4;3-1(4)2(5)6/h5-6,11-13,25H,7-10,14H2,1-4H3;(H,3,4)(H,5,6). The van der Waals surface area contributed by atoms with E-state index in [-0.39, 0.29) is 23.2 Å². The third-order valence-electron chi connectivity index (χ3n) is 5.55. The molecule has 3 rings (SSSR count). The Balaban J connectivity index is 0.000000678. The van der Waals surface area contributed by atoms with Crippen LogP contribution in [0.25, 0.3) is 0 Å². The molecule has 0 aromatic heterocycles. The van der Waals surface area contributed by atoms with E-state index in [0.29, 0.717) is 30.2 Å². The Labute approximate surface area is 208 Å². The average Bonchev–Trinajstić information content (AvgIpc) is 2.89. The molecule has 12 heteroatoms. The Kier molecular flexibility index (Phi) is 10.2. The SMILES string of the molecule is COc1ccc(C(=O)N2CC[NH+](Cc3cc(OC)c([O-])c(OC)c3)CC2)cc1OC.O=C(O)C(=O)O. The van der Waals surface area contributed by atoms with Crippen LogP contribution >= 0.6 is 0 Å². The highest BCUT2D eigenvalue weighted by molar-refractivity contribution is 6.27. The van der Waals surface area contributed by atoms with Gasteiger partial charge in [-0.3, -0.25) is 4.79 Å². The van der Waals surface area contributed by atoms with Gasteiger partial charge in [-0.05, 0) is 36.1 Å². The largest absolute Gasteiger partial charge is 0.867 e. The molecule has 1 amide bonds. The Morgan fingerprint density at radius 2 is 1.33 bits per heavy atom.